The molecule has 1 aromatic heterocycles. The second kappa shape index (κ2) is 8.46. The van der Waals surface area contributed by atoms with Gasteiger partial charge in [0.1, 0.15) is 0 Å². The first-order chi connectivity index (χ1) is 15.2. The summed E-state index contributed by atoms with van der Waals surface area (Å²) in [4.78, 5) is 28.2. The molecule has 10 heteroatoms. The number of sulfonamides is 1. The smallest absolute Gasteiger partial charge is 0.306 e. The summed E-state index contributed by atoms with van der Waals surface area (Å²) in [5, 5.41) is 0.806. The number of aromatic nitrogens is 2. The van der Waals surface area contributed by atoms with Crippen molar-refractivity contribution in [3.05, 3.63) is 97.6 Å². The maximum atomic E-state index is 13.4. The number of nitrogens with one attached hydrogen (secondary N) is 1. The van der Waals surface area contributed by atoms with E-state index in [4.69, 9.17) is 23.2 Å². The van der Waals surface area contributed by atoms with Gasteiger partial charge in [0.15, 0.2) is 0 Å². The van der Waals surface area contributed by atoms with Gasteiger partial charge in [-0.15, -0.1) is 0 Å². The molecule has 7 nitrogen and oxygen atoms in total. The zero-order valence-electron chi connectivity index (χ0n) is 16.7. The minimum absolute atomic E-state index is 0.0306. The maximum absolute atomic E-state index is 13.4. The van der Waals surface area contributed by atoms with Gasteiger partial charge >= 0.3 is 5.69 Å². The van der Waals surface area contributed by atoms with E-state index >= 15 is 0 Å². The van der Waals surface area contributed by atoms with Crippen molar-refractivity contribution in [3.8, 4) is 5.69 Å². The van der Waals surface area contributed by atoms with Crippen LogP contribution in [0.3, 0.4) is 0 Å². The number of rotatable bonds is 5. The van der Waals surface area contributed by atoms with Crippen molar-refractivity contribution < 1.29 is 8.42 Å². The lowest BCUT2D eigenvalue weighted by Crippen LogP contribution is -2.34. The summed E-state index contributed by atoms with van der Waals surface area (Å²) in [5.41, 5.74) is -0.564. The molecule has 0 bridgehead atoms. The summed E-state index contributed by atoms with van der Waals surface area (Å²) < 4.78 is 28.8. The molecule has 0 atom stereocenters. The minimum atomic E-state index is -4.03. The number of hydrogen-bond donors (Lipinski definition) is 1. The molecule has 0 saturated carbocycles. The van der Waals surface area contributed by atoms with E-state index in [2.05, 4.69) is 4.98 Å². The highest BCUT2D eigenvalue weighted by atomic mass is 35.5. The molecule has 4 rings (SSSR count). The van der Waals surface area contributed by atoms with Crippen LogP contribution in [-0.4, -0.2) is 24.5 Å². The predicted molar refractivity (Wildman–Crippen MR) is 127 cm³/mol. The van der Waals surface area contributed by atoms with E-state index in [9.17, 15) is 18.0 Å². The molecule has 0 saturated heterocycles. The first kappa shape index (κ1) is 22.1. The number of H-pyrrole nitrogens is 1. The second-order valence-corrected chi connectivity index (χ2v) is 9.58. The lowest BCUT2D eigenvalue weighted by molar-refractivity contribution is 0.591. The minimum Gasteiger partial charge on any atom is -0.306 e. The Balaban J connectivity index is 1.90. The summed E-state index contributed by atoms with van der Waals surface area (Å²) in [6.07, 6.45) is 0. The van der Waals surface area contributed by atoms with E-state index in [0.717, 1.165) is 4.57 Å². The average Bonchev–Trinajstić information content (AvgIpc) is 2.76. The summed E-state index contributed by atoms with van der Waals surface area (Å²) in [6.45, 7) is 1.85. The number of anilines is 1. The van der Waals surface area contributed by atoms with Gasteiger partial charge < -0.3 is 4.98 Å². The maximum Gasteiger partial charge on any atom is 0.333 e. The van der Waals surface area contributed by atoms with Gasteiger partial charge in [0.25, 0.3) is 15.6 Å². The normalized spacial score (nSPS) is 11.6. The van der Waals surface area contributed by atoms with Gasteiger partial charge in [-0.1, -0.05) is 35.3 Å². The molecule has 0 aliphatic heterocycles. The third-order valence-electron chi connectivity index (χ3n) is 4.95. The van der Waals surface area contributed by atoms with Gasteiger partial charge in [-0.05, 0) is 61.5 Å². The number of aromatic amines is 1. The zero-order valence-corrected chi connectivity index (χ0v) is 19.1. The van der Waals surface area contributed by atoms with Crippen LogP contribution >= 0.6 is 23.2 Å². The monoisotopic (exact) mass is 489 g/mol. The summed E-state index contributed by atoms with van der Waals surface area (Å²) in [6, 6.07) is 16.8. The summed E-state index contributed by atoms with van der Waals surface area (Å²) in [5.74, 6) is 0. The second-order valence-electron chi connectivity index (χ2n) is 6.88. The molecular weight excluding hydrogens is 473 g/mol. The van der Waals surface area contributed by atoms with E-state index in [1.165, 1.54) is 22.5 Å². The molecule has 164 valence electrons. The Labute approximate surface area is 193 Å². The largest absolute Gasteiger partial charge is 0.333 e. The van der Waals surface area contributed by atoms with Crippen molar-refractivity contribution in [2.45, 2.75) is 11.8 Å². The quantitative estimate of drug-likeness (QED) is 0.454. The Hall–Kier alpha value is -3.07. The highest BCUT2D eigenvalue weighted by molar-refractivity contribution is 7.92. The van der Waals surface area contributed by atoms with Crippen molar-refractivity contribution in [2.24, 2.45) is 0 Å². The van der Waals surface area contributed by atoms with Crippen LogP contribution in [-0.2, 0) is 10.0 Å². The first-order valence-corrected chi connectivity index (χ1v) is 11.8. The Kier molecular flexibility index (Phi) is 5.85. The molecule has 4 aromatic rings. The number of hydrogen-bond acceptors (Lipinski definition) is 4. The zero-order chi connectivity index (χ0) is 23.0. The lowest BCUT2D eigenvalue weighted by atomic mass is 10.2. The van der Waals surface area contributed by atoms with E-state index in [1.54, 1.807) is 55.5 Å². The van der Waals surface area contributed by atoms with E-state index < -0.39 is 21.3 Å². The highest BCUT2D eigenvalue weighted by Crippen LogP contribution is 2.28. The third-order valence-corrected chi connectivity index (χ3v) is 7.42. The molecule has 0 fully saturated rings. The number of halogens is 2. The van der Waals surface area contributed by atoms with E-state index in [-0.39, 0.29) is 27.5 Å². The molecule has 0 radical (unpaired) electrons. The number of para-hydroxylation sites is 1. The summed E-state index contributed by atoms with van der Waals surface area (Å²) in [7, 11) is -4.03. The predicted octanol–water partition coefficient (Wildman–Crippen LogP) is 4.20. The Morgan fingerprint density at radius 1 is 0.969 bits per heavy atom. The Bertz CT molecular complexity index is 1540. The van der Waals surface area contributed by atoms with Gasteiger partial charge in [0.05, 0.1) is 32.2 Å². The molecule has 1 N–H and O–H groups in total. The van der Waals surface area contributed by atoms with Crippen LogP contribution in [0, 0.1) is 0 Å². The molecule has 32 heavy (non-hydrogen) atoms. The Morgan fingerprint density at radius 3 is 2.34 bits per heavy atom. The molecule has 0 aliphatic rings. The van der Waals surface area contributed by atoms with Gasteiger partial charge in [-0.2, -0.15) is 0 Å². The van der Waals surface area contributed by atoms with Gasteiger partial charge in [0, 0.05) is 11.6 Å². The van der Waals surface area contributed by atoms with Crippen LogP contribution in [0.25, 0.3) is 16.6 Å². The van der Waals surface area contributed by atoms with Crippen molar-refractivity contribution in [1.29, 1.82) is 0 Å². The van der Waals surface area contributed by atoms with Crippen molar-refractivity contribution in [2.75, 3.05) is 10.8 Å². The number of benzene rings is 3. The third kappa shape index (κ3) is 3.81. The van der Waals surface area contributed by atoms with E-state index in [0.29, 0.717) is 16.2 Å². The number of nitrogens with zero attached hydrogens (tertiary/aromatic N) is 2. The number of fused-ring (bicyclic) bond motifs is 1. The van der Waals surface area contributed by atoms with Gasteiger partial charge in [0.2, 0.25) is 0 Å². The van der Waals surface area contributed by atoms with Crippen LogP contribution in [0.2, 0.25) is 10.0 Å². The molecule has 0 amide bonds. The van der Waals surface area contributed by atoms with Crippen molar-refractivity contribution in [3.63, 3.8) is 0 Å². The fourth-order valence-electron chi connectivity index (χ4n) is 3.43. The average molecular weight is 490 g/mol. The first-order valence-electron chi connectivity index (χ1n) is 9.56. The van der Waals surface area contributed by atoms with Crippen LogP contribution in [0.1, 0.15) is 6.92 Å². The molecular formula is C22H17Cl2N3O4S. The molecule has 0 unspecified atom stereocenters. The molecule has 0 aliphatic carbocycles. The van der Waals surface area contributed by atoms with Crippen molar-refractivity contribution >= 4 is 49.8 Å². The lowest BCUT2D eigenvalue weighted by Gasteiger charge is -2.23. The van der Waals surface area contributed by atoms with Gasteiger partial charge in [-0.25, -0.2) is 17.8 Å². The van der Waals surface area contributed by atoms with Crippen LogP contribution in [0.15, 0.2) is 81.2 Å². The Morgan fingerprint density at radius 2 is 1.66 bits per heavy atom. The standard InChI is InChI=1S/C22H17Cl2N3O4S/c1-2-26(15-9-7-14(23)8-10-15)32(30,31)16-11-12-18(24)20(13-16)27-21(28)17-5-3-4-6-19(17)25-22(27)29/h3-13H,2H2,1H3,(H,25,29). The molecule has 1 heterocycles. The van der Waals surface area contributed by atoms with Gasteiger partial charge in [-0.3, -0.25) is 9.10 Å². The van der Waals surface area contributed by atoms with E-state index in [1.807, 2.05) is 0 Å². The van der Waals surface area contributed by atoms with Crippen LogP contribution < -0.4 is 15.6 Å². The van der Waals surface area contributed by atoms with Crippen LogP contribution in [0.4, 0.5) is 5.69 Å². The van der Waals surface area contributed by atoms with Crippen LogP contribution in [0.5, 0.6) is 0 Å². The fraction of sp³-hybridized carbons (Fsp3) is 0.0909. The fourth-order valence-corrected chi connectivity index (χ4v) is 5.25. The highest BCUT2D eigenvalue weighted by Gasteiger charge is 2.25. The topological polar surface area (TPSA) is 92.2 Å². The van der Waals surface area contributed by atoms with Crippen molar-refractivity contribution in [1.82, 2.24) is 9.55 Å². The molecule has 0 spiro atoms. The molecule has 3 aromatic carbocycles. The SMILES string of the molecule is CCN(c1ccc(Cl)cc1)S(=O)(=O)c1ccc(Cl)c(-n2c(=O)[nH]c3ccccc3c2=O)c1. The summed E-state index contributed by atoms with van der Waals surface area (Å²) >= 11 is 12.2.